The maximum absolute atomic E-state index is 11.4. The average Bonchev–Trinajstić information content (AvgIpc) is 2.58. The summed E-state index contributed by atoms with van der Waals surface area (Å²) in [6, 6.07) is 5.92. The SMILES string of the molecule is CC(C)c1cccc(C(C)C)c1N.COCN(C(C)C)S(=O)(=O)OC(=O)CO. The van der Waals surface area contributed by atoms with Crippen LogP contribution in [0.4, 0.5) is 5.69 Å². The van der Waals surface area contributed by atoms with Crippen molar-refractivity contribution in [2.45, 2.75) is 59.4 Å². The number of carbonyl (C=O) groups excluding carboxylic acids is 1. The molecule has 9 heteroatoms. The minimum Gasteiger partial charge on any atom is -0.398 e. The predicted octanol–water partition coefficient (Wildman–Crippen LogP) is 2.60. The molecule has 1 aromatic carbocycles. The normalized spacial score (nSPS) is 11.7. The molecule has 0 radical (unpaired) electrons. The van der Waals surface area contributed by atoms with E-state index >= 15 is 0 Å². The number of nitrogens with two attached hydrogens (primary N) is 1. The molecule has 0 amide bonds. The number of hydrogen-bond acceptors (Lipinski definition) is 7. The zero-order valence-corrected chi connectivity index (χ0v) is 18.6. The van der Waals surface area contributed by atoms with Crippen molar-refractivity contribution in [2.24, 2.45) is 0 Å². The molecule has 0 unspecified atom stereocenters. The zero-order valence-electron chi connectivity index (χ0n) is 17.8. The van der Waals surface area contributed by atoms with E-state index in [1.807, 2.05) is 0 Å². The van der Waals surface area contributed by atoms with Crippen LogP contribution in [0.2, 0.25) is 0 Å². The Morgan fingerprint density at radius 2 is 1.57 bits per heavy atom. The third kappa shape index (κ3) is 8.14. The van der Waals surface area contributed by atoms with Crippen molar-refractivity contribution in [1.29, 1.82) is 0 Å². The van der Waals surface area contributed by atoms with E-state index in [1.165, 1.54) is 18.2 Å². The lowest BCUT2D eigenvalue weighted by Gasteiger charge is -2.23. The highest BCUT2D eigenvalue weighted by Gasteiger charge is 2.28. The monoisotopic (exact) mass is 418 g/mol. The second-order valence-electron chi connectivity index (χ2n) is 7.13. The van der Waals surface area contributed by atoms with Crippen molar-refractivity contribution in [2.75, 3.05) is 26.2 Å². The molecule has 28 heavy (non-hydrogen) atoms. The number of para-hydroxylation sites is 1. The van der Waals surface area contributed by atoms with Crippen LogP contribution in [0, 0.1) is 0 Å². The molecule has 0 saturated carbocycles. The van der Waals surface area contributed by atoms with Gasteiger partial charge >= 0.3 is 16.3 Å². The summed E-state index contributed by atoms with van der Waals surface area (Å²) < 4.78 is 32.4. The van der Waals surface area contributed by atoms with Gasteiger partial charge in [-0.1, -0.05) is 45.9 Å². The van der Waals surface area contributed by atoms with Crippen molar-refractivity contribution in [3.05, 3.63) is 29.3 Å². The molecule has 0 aliphatic rings. The fourth-order valence-corrected chi connectivity index (χ4v) is 3.53. The van der Waals surface area contributed by atoms with Crippen molar-refractivity contribution in [3.8, 4) is 0 Å². The lowest BCUT2D eigenvalue weighted by molar-refractivity contribution is -0.137. The summed E-state index contributed by atoms with van der Waals surface area (Å²) >= 11 is 0. The first-order valence-electron chi connectivity index (χ1n) is 9.11. The molecule has 0 fully saturated rings. The van der Waals surface area contributed by atoms with Gasteiger partial charge in [0.2, 0.25) is 0 Å². The Bertz CT molecular complexity index is 691. The molecule has 8 nitrogen and oxygen atoms in total. The van der Waals surface area contributed by atoms with Gasteiger partial charge in [0.15, 0.2) is 0 Å². The van der Waals surface area contributed by atoms with Crippen LogP contribution in [0.25, 0.3) is 0 Å². The van der Waals surface area contributed by atoms with Gasteiger partial charge in [-0.25, -0.2) is 4.79 Å². The standard InChI is InChI=1S/C12H19N.C7H15NO6S/c1-8(2)10-6-5-7-11(9(3)4)12(10)13;1-6(2)8(5-13-3)15(11,12)14-7(10)4-9/h5-9H,13H2,1-4H3;6,9H,4-5H2,1-3H3. The molecule has 0 atom stereocenters. The van der Waals surface area contributed by atoms with Crippen LogP contribution in [0.3, 0.4) is 0 Å². The Balaban J connectivity index is 0.000000525. The van der Waals surface area contributed by atoms with Crippen LogP contribution in [0.1, 0.15) is 64.5 Å². The third-order valence-corrected chi connectivity index (χ3v) is 5.36. The number of carbonyl (C=O) groups is 1. The largest absolute Gasteiger partial charge is 0.398 e. The molecule has 0 saturated heterocycles. The average molecular weight is 419 g/mol. The summed E-state index contributed by atoms with van der Waals surface area (Å²) in [4.78, 5) is 10.6. The lowest BCUT2D eigenvalue weighted by Crippen LogP contribution is -2.40. The Labute approximate surface area is 168 Å². The number of anilines is 1. The Morgan fingerprint density at radius 3 is 1.89 bits per heavy atom. The predicted molar refractivity (Wildman–Crippen MR) is 110 cm³/mol. The summed E-state index contributed by atoms with van der Waals surface area (Å²) in [7, 11) is -2.88. The third-order valence-electron chi connectivity index (χ3n) is 3.86. The zero-order chi connectivity index (χ0) is 22.1. The van der Waals surface area contributed by atoms with Crippen LogP contribution >= 0.6 is 0 Å². The van der Waals surface area contributed by atoms with Crippen molar-refractivity contribution in [1.82, 2.24) is 4.31 Å². The number of benzene rings is 1. The molecular weight excluding hydrogens is 384 g/mol. The van der Waals surface area contributed by atoms with Gasteiger partial charge in [0, 0.05) is 18.8 Å². The highest BCUT2D eigenvalue weighted by Crippen LogP contribution is 2.29. The highest BCUT2D eigenvalue weighted by molar-refractivity contribution is 7.84. The summed E-state index contributed by atoms with van der Waals surface area (Å²) in [5.74, 6) is -0.200. The summed E-state index contributed by atoms with van der Waals surface area (Å²) in [5, 5.41) is 8.36. The van der Waals surface area contributed by atoms with E-state index in [0.29, 0.717) is 11.8 Å². The van der Waals surface area contributed by atoms with E-state index in [0.717, 1.165) is 9.99 Å². The molecule has 1 aromatic rings. The molecule has 0 bridgehead atoms. The molecule has 3 N–H and O–H groups in total. The smallest absolute Gasteiger partial charge is 0.389 e. The second-order valence-corrected chi connectivity index (χ2v) is 8.62. The Hall–Kier alpha value is -1.68. The fourth-order valence-electron chi connectivity index (χ4n) is 2.40. The number of aliphatic hydroxyl groups excluding tert-OH is 1. The number of methoxy groups -OCH3 is 1. The number of hydrogen-bond donors (Lipinski definition) is 2. The summed E-state index contributed by atoms with van der Waals surface area (Å²) in [6.45, 7) is 10.7. The van der Waals surface area contributed by atoms with E-state index in [2.05, 4.69) is 54.8 Å². The van der Waals surface area contributed by atoms with Crippen molar-refractivity contribution < 1.29 is 27.2 Å². The van der Waals surface area contributed by atoms with Gasteiger partial charge in [0.25, 0.3) is 0 Å². The van der Waals surface area contributed by atoms with Gasteiger partial charge in [-0.15, -0.1) is 4.31 Å². The maximum Gasteiger partial charge on any atom is 0.389 e. The van der Waals surface area contributed by atoms with E-state index in [4.69, 9.17) is 10.8 Å². The molecule has 0 spiro atoms. The molecular formula is C19H34N2O6S. The first-order chi connectivity index (χ1) is 12.9. The lowest BCUT2D eigenvalue weighted by atomic mass is 9.93. The Kier molecular flexibility index (Phi) is 11.3. The van der Waals surface area contributed by atoms with Crippen LogP contribution in [0.5, 0.6) is 0 Å². The number of nitrogens with zero attached hydrogens (tertiary/aromatic N) is 1. The fraction of sp³-hybridized carbons (Fsp3) is 0.632. The molecule has 0 aliphatic carbocycles. The van der Waals surface area contributed by atoms with Gasteiger partial charge in [0.05, 0.1) is 0 Å². The van der Waals surface area contributed by atoms with Crippen LogP contribution in [0.15, 0.2) is 18.2 Å². The quantitative estimate of drug-likeness (QED) is 0.492. The minimum absolute atomic E-state index is 0.224. The summed E-state index contributed by atoms with van der Waals surface area (Å²) in [5.41, 5.74) is 9.60. The van der Waals surface area contributed by atoms with Gasteiger partial charge < -0.3 is 19.8 Å². The molecule has 0 heterocycles. The first-order valence-corrected chi connectivity index (χ1v) is 10.5. The van der Waals surface area contributed by atoms with Gasteiger partial charge in [0.1, 0.15) is 13.3 Å². The topological polar surface area (TPSA) is 119 Å². The van der Waals surface area contributed by atoms with E-state index in [-0.39, 0.29) is 6.73 Å². The number of aliphatic hydroxyl groups is 1. The summed E-state index contributed by atoms with van der Waals surface area (Å²) in [6.07, 6.45) is 0. The number of nitrogen functional groups attached to an aromatic ring is 1. The first kappa shape index (κ1) is 26.3. The molecule has 1 rings (SSSR count). The molecule has 0 aromatic heterocycles. The minimum atomic E-state index is -4.20. The van der Waals surface area contributed by atoms with E-state index in [9.17, 15) is 13.2 Å². The van der Waals surface area contributed by atoms with Gasteiger partial charge in [-0.3, -0.25) is 0 Å². The van der Waals surface area contributed by atoms with Gasteiger partial charge in [-0.05, 0) is 36.8 Å². The van der Waals surface area contributed by atoms with E-state index < -0.39 is 28.9 Å². The van der Waals surface area contributed by atoms with Gasteiger partial charge in [-0.2, -0.15) is 8.42 Å². The molecule has 0 aliphatic heterocycles. The van der Waals surface area contributed by atoms with Crippen molar-refractivity contribution in [3.63, 3.8) is 0 Å². The highest BCUT2D eigenvalue weighted by atomic mass is 32.2. The van der Waals surface area contributed by atoms with Crippen LogP contribution < -0.4 is 5.73 Å². The second kappa shape index (κ2) is 12.0. The van der Waals surface area contributed by atoms with Crippen molar-refractivity contribution >= 4 is 22.0 Å². The Morgan fingerprint density at radius 1 is 1.11 bits per heavy atom. The van der Waals surface area contributed by atoms with Crippen LogP contribution in [-0.4, -0.2) is 50.3 Å². The van der Waals surface area contributed by atoms with E-state index in [1.54, 1.807) is 13.8 Å². The molecule has 162 valence electrons. The number of rotatable bonds is 8. The number of ether oxygens (including phenoxy) is 1. The van der Waals surface area contributed by atoms with Crippen LogP contribution in [-0.2, 0) is 24.0 Å². The maximum atomic E-state index is 11.4.